The maximum atomic E-state index is 14.3. The van der Waals surface area contributed by atoms with E-state index >= 15 is 0 Å². The molecule has 0 amide bonds. The first-order chi connectivity index (χ1) is 16.2. The van der Waals surface area contributed by atoms with Crippen LogP contribution in [-0.4, -0.2) is 22.6 Å². The summed E-state index contributed by atoms with van der Waals surface area (Å²) in [5.74, 6) is 1.84. The third-order valence-electron chi connectivity index (χ3n) is 13.0. The first-order valence-electron chi connectivity index (χ1n) is 13.9. The summed E-state index contributed by atoms with van der Waals surface area (Å²) >= 11 is 0. The summed E-state index contributed by atoms with van der Waals surface area (Å²) in [5.41, 5.74) is 0.478. The maximum absolute atomic E-state index is 14.3. The van der Waals surface area contributed by atoms with E-state index in [9.17, 15) is 15.0 Å². The molecule has 0 aromatic rings. The van der Waals surface area contributed by atoms with E-state index in [4.69, 9.17) is 6.57 Å². The summed E-state index contributed by atoms with van der Waals surface area (Å²) < 4.78 is 0. The molecule has 0 unspecified atom stereocenters. The fourth-order valence-corrected chi connectivity index (χ4v) is 10.5. The molecule has 5 rings (SSSR count). The lowest BCUT2D eigenvalue weighted by molar-refractivity contribution is -0.185. The Morgan fingerprint density at radius 1 is 1.06 bits per heavy atom. The number of carbonyl (C=O) groups excluding carboxylic acids is 1. The number of allylic oxidation sites excluding steroid dienone is 4. The molecule has 0 spiro atoms. The first-order valence-corrected chi connectivity index (χ1v) is 13.9. The lowest BCUT2D eigenvalue weighted by atomic mass is 9.34. The van der Waals surface area contributed by atoms with Crippen LogP contribution in [0.4, 0.5) is 0 Å². The smallest absolute Gasteiger partial charge is 0.203 e. The van der Waals surface area contributed by atoms with Gasteiger partial charge in [-0.3, -0.25) is 4.79 Å². The van der Waals surface area contributed by atoms with Crippen LogP contribution in [0.15, 0.2) is 23.1 Å². The minimum absolute atomic E-state index is 0.0593. The van der Waals surface area contributed by atoms with E-state index in [1.54, 1.807) is 0 Å². The SMILES string of the molecule is [C-]#[N+]C1=C(O)C(C)(C)[C@@H]2CC[C@]3(C)C(=CC(=O)[C@@H]4[C@@H]5[C@@H](C)[C@H](C)CC[C@]5(CO)CC[C@]43C)[C@@]2(C)C1. The second-order valence-electron chi connectivity index (χ2n) is 14.4. The minimum Gasteiger partial charge on any atom is -0.523 e. The third-order valence-corrected chi connectivity index (χ3v) is 13.0. The third kappa shape index (κ3) is 2.86. The van der Waals surface area contributed by atoms with Gasteiger partial charge in [0.1, 0.15) is 5.76 Å². The van der Waals surface area contributed by atoms with Gasteiger partial charge in [-0.25, -0.2) is 4.85 Å². The molecule has 3 saturated carbocycles. The van der Waals surface area contributed by atoms with Crippen LogP contribution in [0.25, 0.3) is 4.85 Å². The highest BCUT2D eigenvalue weighted by Crippen LogP contribution is 2.75. The van der Waals surface area contributed by atoms with Gasteiger partial charge >= 0.3 is 0 Å². The largest absolute Gasteiger partial charge is 0.523 e. The number of hydrogen-bond acceptors (Lipinski definition) is 3. The second-order valence-corrected chi connectivity index (χ2v) is 14.4. The molecule has 3 fully saturated rings. The molecule has 0 aromatic heterocycles. The maximum Gasteiger partial charge on any atom is 0.203 e. The number of fused-ring (bicyclic) bond motifs is 7. The van der Waals surface area contributed by atoms with Gasteiger partial charge in [0.15, 0.2) is 5.78 Å². The standard InChI is InChI=1S/C31H45NO3/c1-18-9-12-31(17-33)14-13-30(7)25(24(31)19(18)2)21(34)15-23-28(5)16-20(32-8)26(35)27(3,4)22(28)10-11-29(23,30)6/h15,18-19,22,24-25,33,35H,9-14,16-17H2,1-7H3/t18-,19+,22+,24+,25-,28+,29-,30-,31-/m1/s1. The van der Waals surface area contributed by atoms with E-state index in [-0.39, 0.29) is 57.6 Å². The number of aliphatic hydroxyl groups excluding tert-OH is 2. The average Bonchev–Trinajstić information content (AvgIpc) is 2.81. The van der Waals surface area contributed by atoms with Gasteiger partial charge in [0.2, 0.25) is 5.70 Å². The monoisotopic (exact) mass is 479 g/mol. The fraction of sp³-hybridized carbons (Fsp3) is 0.806. The molecule has 5 aliphatic rings. The van der Waals surface area contributed by atoms with E-state index in [1.165, 1.54) is 5.57 Å². The molecule has 0 aromatic carbocycles. The molecule has 0 saturated heterocycles. The highest BCUT2D eigenvalue weighted by molar-refractivity contribution is 5.95. The van der Waals surface area contributed by atoms with E-state index in [0.717, 1.165) is 38.5 Å². The van der Waals surface area contributed by atoms with Crippen molar-refractivity contribution in [3.05, 3.63) is 34.5 Å². The molecule has 0 radical (unpaired) electrons. The summed E-state index contributed by atoms with van der Waals surface area (Å²) in [7, 11) is 0. The Hall–Kier alpha value is -1.60. The Kier molecular flexibility index (Phi) is 5.35. The number of hydrogen-bond donors (Lipinski definition) is 2. The Labute approximate surface area is 212 Å². The van der Waals surface area contributed by atoms with Gasteiger partial charge in [-0.2, -0.15) is 0 Å². The Morgan fingerprint density at radius 2 is 1.74 bits per heavy atom. The van der Waals surface area contributed by atoms with Crippen molar-refractivity contribution in [2.75, 3.05) is 6.61 Å². The van der Waals surface area contributed by atoms with Crippen molar-refractivity contribution in [1.29, 1.82) is 0 Å². The predicted molar refractivity (Wildman–Crippen MR) is 138 cm³/mol. The normalized spacial score (nSPS) is 50.8. The molecular formula is C31H45NO3. The van der Waals surface area contributed by atoms with Crippen LogP contribution in [0.2, 0.25) is 0 Å². The number of carbonyl (C=O) groups is 1. The number of nitrogens with zero attached hydrogens (tertiary/aromatic N) is 1. The van der Waals surface area contributed by atoms with E-state index in [0.29, 0.717) is 24.0 Å². The molecular weight excluding hydrogens is 434 g/mol. The average molecular weight is 480 g/mol. The molecule has 0 bridgehead atoms. The van der Waals surface area contributed by atoms with Crippen molar-refractivity contribution >= 4 is 5.78 Å². The quantitative estimate of drug-likeness (QED) is 0.394. The molecule has 192 valence electrons. The zero-order valence-electron chi connectivity index (χ0n) is 22.9. The molecule has 4 heteroatoms. The lowest BCUT2D eigenvalue weighted by Crippen LogP contribution is -2.65. The predicted octanol–water partition coefficient (Wildman–Crippen LogP) is 7.11. The van der Waals surface area contributed by atoms with Gasteiger partial charge < -0.3 is 10.2 Å². The van der Waals surface area contributed by atoms with Gasteiger partial charge in [-0.05, 0) is 96.4 Å². The van der Waals surface area contributed by atoms with Crippen molar-refractivity contribution in [1.82, 2.24) is 0 Å². The zero-order chi connectivity index (χ0) is 25.8. The number of aliphatic hydroxyl groups is 2. The Morgan fingerprint density at radius 3 is 2.37 bits per heavy atom. The molecule has 9 atom stereocenters. The van der Waals surface area contributed by atoms with Crippen LogP contribution in [0.3, 0.4) is 0 Å². The zero-order valence-corrected chi connectivity index (χ0v) is 22.9. The number of ketones is 1. The summed E-state index contributed by atoms with van der Waals surface area (Å²) in [4.78, 5) is 18.1. The van der Waals surface area contributed by atoms with Crippen molar-refractivity contribution < 1.29 is 15.0 Å². The van der Waals surface area contributed by atoms with Crippen LogP contribution >= 0.6 is 0 Å². The number of rotatable bonds is 1. The Balaban J connectivity index is 1.69. The van der Waals surface area contributed by atoms with E-state index in [2.05, 4.69) is 53.3 Å². The van der Waals surface area contributed by atoms with E-state index < -0.39 is 5.41 Å². The molecule has 5 aliphatic carbocycles. The second kappa shape index (κ2) is 7.47. The molecule has 35 heavy (non-hydrogen) atoms. The van der Waals surface area contributed by atoms with Crippen LogP contribution in [-0.2, 0) is 4.79 Å². The topological polar surface area (TPSA) is 61.9 Å². The van der Waals surface area contributed by atoms with Gasteiger partial charge in [0, 0.05) is 17.9 Å². The fourth-order valence-electron chi connectivity index (χ4n) is 10.5. The van der Waals surface area contributed by atoms with Crippen LogP contribution < -0.4 is 0 Å². The highest BCUT2D eigenvalue weighted by Gasteiger charge is 2.70. The van der Waals surface area contributed by atoms with Gasteiger partial charge in [-0.1, -0.05) is 54.0 Å². The molecule has 0 aliphatic heterocycles. The summed E-state index contributed by atoms with van der Waals surface area (Å²) in [5, 5.41) is 21.7. The van der Waals surface area contributed by atoms with Crippen LogP contribution in [0, 0.1) is 63.2 Å². The summed E-state index contributed by atoms with van der Waals surface area (Å²) in [6.45, 7) is 23.9. The summed E-state index contributed by atoms with van der Waals surface area (Å²) in [6.07, 6.45) is 8.65. The van der Waals surface area contributed by atoms with Gasteiger partial charge in [0.05, 0.1) is 6.57 Å². The van der Waals surface area contributed by atoms with Crippen molar-refractivity contribution in [3.63, 3.8) is 0 Å². The first kappa shape index (κ1) is 25.1. The lowest BCUT2D eigenvalue weighted by Gasteiger charge is -2.70. The van der Waals surface area contributed by atoms with Gasteiger partial charge in [0.25, 0.3) is 0 Å². The Bertz CT molecular complexity index is 1060. The molecule has 2 N–H and O–H groups in total. The van der Waals surface area contributed by atoms with Crippen LogP contribution in [0.1, 0.15) is 93.4 Å². The minimum atomic E-state index is -0.484. The van der Waals surface area contributed by atoms with Crippen LogP contribution in [0.5, 0.6) is 0 Å². The molecule has 0 heterocycles. The molecule has 4 nitrogen and oxygen atoms in total. The summed E-state index contributed by atoms with van der Waals surface area (Å²) in [6, 6.07) is 0. The van der Waals surface area contributed by atoms with Crippen molar-refractivity contribution in [2.45, 2.75) is 93.4 Å². The van der Waals surface area contributed by atoms with Crippen molar-refractivity contribution in [3.8, 4) is 0 Å². The van der Waals surface area contributed by atoms with Crippen molar-refractivity contribution in [2.24, 2.45) is 56.7 Å². The highest BCUT2D eigenvalue weighted by atomic mass is 16.3. The van der Waals surface area contributed by atoms with E-state index in [1.807, 2.05) is 6.08 Å². The van der Waals surface area contributed by atoms with Gasteiger partial charge in [-0.15, -0.1) is 0 Å².